The molecule has 0 aromatic heterocycles. The first kappa shape index (κ1) is 73.8. The molecule has 90 heavy (non-hydrogen) atoms. The highest BCUT2D eigenvalue weighted by Crippen LogP contribution is 2.41. The number of carbonyl (C=O) groups is 1. The number of benzene rings is 1. The number of aliphatic imine (C=N–C) groups is 1. The molecule has 4 aliphatic heterocycles. The standard InChI is InChI=1S/C73H124ClF3N12O/c1-14-53(6)67-46-82-66(32-27-51(2)3)55(8)81-47-68-69(71(90)87-40-21-16-22-41-87)58(11)89(68)70(52(4)5)56(9)84-72(34-19-20-35-72)50-79-38-37-78-36-33-61(30-28-60-29-31-64(65(74)45-60)73(75,76)77)80-39-43-85(12)48-63(44-59-24-17-15-18-25-59)86(13)49-62-26-23-42-88(62)57(10)54(7)83-67/h29,31,33,36,39,43,45,48-49,51-59,66-70,78-79,81-84H,14-28,30,32,34-35,37-38,40-42,44,46-47,50H2,1-13H3/t53-,54?,55?,56?,57-,58?,66-,67+,68?,69-,70-/m0/s1. The van der Waals surface area contributed by atoms with Gasteiger partial charge in [0.2, 0.25) is 5.91 Å². The molecule has 5 fully saturated rings. The average Bonchev–Trinajstić information content (AvgIpc) is 0.793. The molecule has 11 atom stereocenters. The molecule has 1 amide bonds. The van der Waals surface area contributed by atoms with Crippen LogP contribution in [0, 0.1) is 29.6 Å². The van der Waals surface area contributed by atoms with E-state index in [1.54, 1.807) is 0 Å². The van der Waals surface area contributed by atoms with E-state index in [1.807, 2.05) is 24.7 Å². The van der Waals surface area contributed by atoms with Gasteiger partial charge < -0.3 is 51.5 Å². The van der Waals surface area contributed by atoms with Crippen molar-refractivity contribution in [2.45, 2.75) is 271 Å². The molecule has 6 N–H and O–H groups in total. The molecule has 4 heterocycles. The van der Waals surface area contributed by atoms with Gasteiger partial charge >= 0.3 is 6.18 Å². The lowest BCUT2D eigenvalue weighted by Gasteiger charge is -2.60. The second-order valence-corrected chi connectivity index (χ2v) is 29.8. The first-order valence-corrected chi connectivity index (χ1v) is 36.3. The number of rotatable bonds is 12. The molecule has 1 aromatic rings. The van der Waals surface area contributed by atoms with Crippen molar-refractivity contribution < 1.29 is 18.0 Å². The first-order valence-electron chi connectivity index (χ1n) is 35.9. The molecule has 13 nitrogen and oxygen atoms in total. The van der Waals surface area contributed by atoms with Crippen molar-refractivity contribution in [3.8, 4) is 0 Å². The fraction of sp³-hybridized carbons (Fsp3) is 0.781. The van der Waals surface area contributed by atoms with Crippen molar-refractivity contribution in [2.24, 2.45) is 34.6 Å². The van der Waals surface area contributed by atoms with E-state index in [1.165, 1.54) is 74.9 Å². The Kier molecular flexibility index (Phi) is 29.3. The molecule has 0 bridgehead atoms. The second kappa shape index (κ2) is 35.7. The van der Waals surface area contributed by atoms with Gasteiger partial charge in [0.05, 0.1) is 16.5 Å². The van der Waals surface area contributed by atoms with Gasteiger partial charge in [-0.05, 0) is 165 Å². The van der Waals surface area contributed by atoms with Crippen LogP contribution in [0.15, 0.2) is 71.7 Å². The Hall–Kier alpha value is -3.64. The van der Waals surface area contributed by atoms with Gasteiger partial charge in [-0.15, -0.1) is 0 Å². The predicted octanol–water partition coefficient (Wildman–Crippen LogP) is 13.7. The molecule has 7 rings (SSSR count). The Balaban J connectivity index is 1.19. The van der Waals surface area contributed by atoms with E-state index >= 15 is 0 Å². The summed E-state index contributed by atoms with van der Waals surface area (Å²) in [6.07, 6.45) is 29.8. The monoisotopic (exact) mass is 1280 g/mol. The summed E-state index contributed by atoms with van der Waals surface area (Å²) >= 11 is 6.20. The van der Waals surface area contributed by atoms with Gasteiger partial charge in [0, 0.05) is 168 Å². The summed E-state index contributed by atoms with van der Waals surface area (Å²) in [5.74, 6) is 2.38. The molecule has 5 unspecified atom stereocenters. The summed E-state index contributed by atoms with van der Waals surface area (Å²) in [5.41, 5.74) is 3.32. The number of hydrogen-bond donors (Lipinski definition) is 6. The molecule has 0 radical (unpaired) electrons. The number of amides is 1. The third kappa shape index (κ3) is 21.2. The van der Waals surface area contributed by atoms with Crippen LogP contribution in [0.2, 0.25) is 5.02 Å². The van der Waals surface area contributed by atoms with Crippen molar-refractivity contribution in [3.05, 3.63) is 82.8 Å². The fourth-order valence-corrected chi connectivity index (χ4v) is 16.3. The molecule has 1 aromatic carbocycles. The van der Waals surface area contributed by atoms with Crippen LogP contribution in [0.3, 0.4) is 0 Å². The number of nitrogens with zero attached hydrogens (tertiary/aromatic N) is 6. The van der Waals surface area contributed by atoms with Gasteiger partial charge in [-0.3, -0.25) is 14.7 Å². The van der Waals surface area contributed by atoms with Crippen molar-refractivity contribution in [1.29, 1.82) is 0 Å². The van der Waals surface area contributed by atoms with Gasteiger partial charge in [0.25, 0.3) is 0 Å². The van der Waals surface area contributed by atoms with Crippen LogP contribution in [0.25, 0.3) is 0 Å². The minimum atomic E-state index is -4.52. The number of likely N-dealkylation sites (tertiary alicyclic amines) is 1. The van der Waals surface area contributed by atoms with E-state index in [2.05, 4.69) is 159 Å². The average molecular weight is 1280 g/mol. The summed E-state index contributed by atoms with van der Waals surface area (Å²) < 4.78 is 41.1. The van der Waals surface area contributed by atoms with E-state index in [-0.39, 0.29) is 70.9 Å². The van der Waals surface area contributed by atoms with Crippen molar-refractivity contribution in [1.82, 2.24) is 56.4 Å². The molecule has 3 saturated heterocycles. The lowest BCUT2D eigenvalue weighted by Crippen LogP contribution is -2.76. The highest BCUT2D eigenvalue weighted by molar-refractivity contribution is 6.31. The van der Waals surface area contributed by atoms with Crippen LogP contribution in [-0.4, -0.2) is 162 Å². The fourth-order valence-electron chi connectivity index (χ4n) is 16.0. The lowest BCUT2D eigenvalue weighted by molar-refractivity contribution is -0.162. The van der Waals surface area contributed by atoms with E-state index in [0.717, 1.165) is 127 Å². The largest absolute Gasteiger partial charge is 0.417 e. The van der Waals surface area contributed by atoms with Crippen LogP contribution >= 0.6 is 11.6 Å². The molecule has 6 aliphatic rings. The summed E-state index contributed by atoms with van der Waals surface area (Å²) in [4.78, 5) is 31.9. The molecular weight excluding hydrogens is 1150 g/mol. The third-order valence-electron chi connectivity index (χ3n) is 21.7. The second-order valence-electron chi connectivity index (χ2n) is 29.4. The highest BCUT2D eigenvalue weighted by atomic mass is 35.5. The molecule has 2 saturated carbocycles. The number of allylic oxidation sites excluding steroid dienone is 3. The number of halogens is 4. The van der Waals surface area contributed by atoms with Gasteiger partial charge in [0.1, 0.15) is 0 Å². The lowest BCUT2D eigenvalue weighted by atomic mass is 9.74. The zero-order valence-corrected chi connectivity index (χ0v) is 58.9. The summed E-state index contributed by atoms with van der Waals surface area (Å²) in [7, 11) is 4.31. The minimum absolute atomic E-state index is 0.0402. The summed E-state index contributed by atoms with van der Waals surface area (Å²) in [6, 6.07) is 5.97. The van der Waals surface area contributed by atoms with E-state index in [0.29, 0.717) is 49.0 Å². The number of nitrogens with one attached hydrogen (secondary N) is 6. The zero-order valence-electron chi connectivity index (χ0n) is 58.2. The third-order valence-corrected chi connectivity index (χ3v) is 22.0. The molecule has 2 aliphatic carbocycles. The van der Waals surface area contributed by atoms with Gasteiger partial charge in [0.15, 0.2) is 0 Å². The van der Waals surface area contributed by atoms with Crippen molar-refractivity contribution >= 4 is 23.2 Å². The molecule has 510 valence electrons. The Morgan fingerprint density at radius 2 is 1.54 bits per heavy atom. The Labute approximate surface area is 549 Å². The van der Waals surface area contributed by atoms with Crippen LogP contribution in [-0.2, 0) is 17.4 Å². The van der Waals surface area contributed by atoms with Gasteiger partial charge in [-0.2, -0.15) is 13.2 Å². The molecule has 17 heteroatoms. The van der Waals surface area contributed by atoms with Gasteiger partial charge in [-0.25, -0.2) is 0 Å². The SMILES string of the molecule is CC[C@H](C)[C@H]1CN[C@@H](CCC(C)C)C(C)NCC2[C@@H](C(=O)N3CCCCC3)C(C)N2[C@@H](C(C)C)C(C)NC2(CCCC2)CNCCNC=CC(CCc2ccc(C(F)(F)F)c(Cl)c2)=NC=CN(C)C=C(CC2CCCCC2)N(C)C=C2CCCN2[C@@H](C)C(C)N1. The van der Waals surface area contributed by atoms with E-state index in [9.17, 15) is 18.0 Å². The Morgan fingerprint density at radius 3 is 2.22 bits per heavy atom. The number of carbonyl (C=O) groups excluding carboxylic acids is 1. The first-order chi connectivity index (χ1) is 43.0. The molecular formula is C73H124ClF3N12O. The van der Waals surface area contributed by atoms with E-state index in [4.69, 9.17) is 16.6 Å². The number of piperidine rings is 1. The van der Waals surface area contributed by atoms with Crippen LogP contribution in [0.1, 0.15) is 209 Å². The number of alkyl halides is 3. The number of aryl methyl sites for hydroxylation is 1. The maximum atomic E-state index is 14.8. The maximum absolute atomic E-state index is 14.8. The number of hydrogen-bond acceptors (Lipinski definition) is 12. The predicted molar refractivity (Wildman–Crippen MR) is 370 cm³/mol. The zero-order chi connectivity index (χ0) is 65.1. The smallest absolute Gasteiger partial charge is 0.390 e. The maximum Gasteiger partial charge on any atom is 0.417 e. The van der Waals surface area contributed by atoms with Crippen LogP contribution in [0.5, 0.6) is 0 Å². The van der Waals surface area contributed by atoms with Crippen LogP contribution < -0.4 is 31.9 Å². The normalized spacial score (nSPS) is 29.9. The summed E-state index contributed by atoms with van der Waals surface area (Å²) in [5, 5.41) is 24.0. The minimum Gasteiger partial charge on any atom is -0.390 e. The summed E-state index contributed by atoms with van der Waals surface area (Å²) in [6.45, 7) is 33.0. The number of fused-ring (bicyclic) bond motifs is 2. The van der Waals surface area contributed by atoms with E-state index < -0.39 is 11.7 Å². The Bertz CT molecular complexity index is 2480. The molecule has 1 spiro atoms. The van der Waals surface area contributed by atoms with Crippen molar-refractivity contribution in [2.75, 3.05) is 66.5 Å². The quantitative estimate of drug-likeness (QED) is 0.120. The Morgan fingerprint density at radius 1 is 0.822 bits per heavy atom. The van der Waals surface area contributed by atoms with Crippen molar-refractivity contribution in [3.63, 3.8) is 0 Å². The van der Waals surface area contributed by atoms with Crippen LogP contribution in [0.4, 0.5) is 13.2 Å². The van der Waals surface area contributed by atoms with Gasteiger partial charge in [-0.1, -0.05) is 111 Å². The highest BCUT2D eigenvalue weighted by Gasteiger charge is 2.55. The topological polar surface area (TPSA) is 118 Å².